The van der Waals surface area contributed by atoms with Crippen LogP contribution in [0.5, 0.6) is 5.75 Å². The predicted molar refractivity (Wildman–Crippen MR) is 63.9 cm³/mol. The molecule has 2 aromatic rings. The van der Waals surface area contributed by atoms with E-state index in [0.717, 1.165) is 5.69 Å². The van der Waals surface area contributed by atoms with E-state index in [1.807, 2.05) is 13.0 Å². The quantitative estimate of drug-likeness (QED) is 0.811. The Balaban J connectivity index is 2.33. The summed E-state index contributed by atoms with van der Waals surface area (Å²) < 4.78 is 6.97. The van der Waals surface area contributed by atoms with Gasteiger partial charge >= 0.3 is 0 Å². The van der Waals surface area contributed by atoms with Gasteiger partial charge in [0.05, 0.1) is 35.9 Å². The van der Waals surface area contributed by atoms with Gasteiger partial charge in [-0.3, -0.25) is 0 Å². The summed E-state index contributed by atoms with van der Waals surface area (Å²) >= 11 is 0. The first-order valence-electron chi connectivity index (χ1n) is 5.22. The van der Waals surface area contributed by atoms with Crippen molar-refractivity contribution >= 4 is 5.69 Å². The van der Waals surface area contributed by atoms with Crippen molar-refractivity contribution in [3.63, 3.8) is 0 Å². The van der Waals surface area contributed by atoms with E-state index in [1.165, 1.54) is 0 Å². The van der Waals surface area contributed by atoms with Gasteiger partial charge in [0.2, 0.25) is 0 Å². The van der Waals surface area contributed by atoms with E-state index >= 15 is 0 Å². The van der Waals surface area contributed by atoms with Crippen LogP contribution in [0.1, 0.15) is 12.5 Å². The molecule has 2 N–H and O–H groups in total. The van der Waals surface area contributed by atoms with Gasteiger partial charge in [-0.1, -0.05) is 0 Å². The van der Waals surface area contributed by atoms with Crippen LogP contribution >= 0.6 is 0 Å². The standard InChI is InChI=1S/C12H12N4O/c1-2-17-11-7-15-16(8-11)10-4-3-9(6-13)12(14)5-10/h3-5,7-8H,2,14H2,1H3. The predicted octanol–water partition coefficient (Wildman–Crippen LogP) is 1.72. The summed E-state index contributed by atoms with van der Waals surface area (Å²) in [5, 5.41) is 12.9. The molecule has 5 heteroatoms. The number of nitrogens with two attached hydrogens (primary N) is 1. The zero-order valence-corrected chi connectivity index (χ0v) is 9.42. The first kappa shape index (κ1) is 11.0. The molecule has 2 rings (SSSR count). The van der Waals surface area contributed by atoms with Crippen molar-refractivity contribution in [2.45, 2.75) is 6.92 Å². The normalized spacial score (nSPS) is 9.88. The second kappa shape index (κ2) is 4.58. The van der Waals surface area contributed by atoms with Crippen LogP contribution in [-0.2, 0) is 0 Å². The van der Waals surface area contributed by atoms with Crippen LogP contribution in [0.2, 0.25) is 0 Å². The molecular formula is C12H12N4O. The Kier molecular flexibility index (Phi) is 2.97. The van der Waals surface area contributed by atoms with Crippen molar-refractivity contribution in [1.29, 1.82) is 5.26 Å². The smallest absolute Gasteiger partial charge is 0.157 e. The van der Waals surface area contributed by atoms with Crippen LogP contribution in [0, 0.1) is 11.3 Å². The summed E-state index contributed by atoms with van der Waals surface area (Å²) in [5.74, 6) is 0.704. The fourth-order valence-electron chi connectivity index (χ4n) is 1.48. The molecule has 17 heavy (non-hydrogen) atoms. The monoisotopic (exact) mass is 228 g/mol. The molecule has 5 nitrogen and oxygen atoms in total. The lowest BCUT2D eigenvalue weighted by atomic mass is 10.2. The van der Waals surface area contributed by atoms with Crippen LogP contribution in [0.3, 0.4) is 0 Å². The average molecular weight is 228 g/mol. The Hall–Kier alpha value is -2.48. The minimum Gasteiger partial charge on any atom is -0.491 e. The minimum absolute atomic E-state index is 0.443. The van der Waals surface area contributed by atoms with E-state index in [2.05, 4.69) is 5.10 Å². The maximum Gasteiger partial charge on any atom is 0.157 e. The minimum atomic E-state index is 0.443. The summed E-state index contributed by atoms with van der Waals surface area (Å²) in [5.41, 5.74) is 7.45. The molecule has 1 aromatic carbocycles. The molecule has 0 fully saturated rings. The summed E-state index contributed by atoms with van der Waals surface area (Å²) in [6.45, 7) is 2.51. The Morgan fingerprint density at radius 1 is 1.53 bits per heavy atom. The number of hydrogen-bond donors (Lipinski definition) is 1. The highest BCUT2D eigenvalue weighted by Crippen LogP contribution is 2.18. The lowest BCUT2D eigenvalue weighted by molar-refractivity contribution is 0.340. The Morgan fingerprint density at radius 2 is 2.35 bits per heavy atom. The van der Waals surface area contributed by atoms with Crippen molar-refractivity contribution in [1.82, 2.24) is 9.78 Å². The number of rotatable bonds is 3. The molecule has 0 saturated heterocycles. The van der Waals surface area contributed by atoms with Gasteiger partial charge in [0.15, 0.2) is 5.75 Å². The van der Waals surface area contributed by atoms with Gasteiger partial charge in [-0.15, -0.1) is 0 Å². The Labute approximate surface area is 99.0 Å². The molecule has 0 bridgehead atoms. The third kappa shape index (κ3) is 2.21. The van der Waals surface area contributed by atoms with Gasteiger partial charge in [-0.25, -0.2) is 4.68 Å². The summed E-state index contributed by atoms with van der Waals surface area (Å²) in [6, 6.07) is 7.19. The summed E-state index contributed by atoms with van der Waals surface area (Å²) in [6.07, 6.45) is 3.40. The number of nitrogen functional groups attached to an aromatic ring is 1. The molecular weight excluding hydrogens is 216 g/mol. The van der Waals surface area contributed by atoms with Gasteiger partial charge in [0, 0.05) is 0 Å². The molecule has 0 amide bonds. The molecule has 0 saturated carbocycles. The van der Waals surface area contributed by atoms with Crippen LogP contribution in [0.4, 0.5) is 5.69 Å². The molecule has 0 aliphatic heterocycles. The molecule has 1 aromatic heterocycles. The van der Waals surface area contributed by atoms with Crippen LogP contribution < -0.4 is 10.5 Å². The molecule has 0 aliphatic rings. The van der Waals surface area contributed by atoms with Crippen molar-refractivity contribution < 1.29 is 4.74 Å². The topological polar surface area (TPSA) is 76.9 Å². The van der Waals surface area contributed by atoms with E-state index in [4.69, 9.17) is 15.7 Å². The molecule has 0 atom stereocenters. The number of nitriles is 1. The Bertz CT molecular complexity index is 568. The SMILES string of the molecule is CCOc1cnn(-c2ccc(C#N)c(N)c2)c1. The van der Waals surface area contributed by atoms with E-state index in [0.29, 0.717) is 23.6 Å². The third-order valence-corrected chi connectivity index (χ3v) is 2.29. The van der Waals surface area contributed by atoms with Crippen molar-refractivity contribution in [2.75, 3.05) is 12.3 Å². The van der Waals surface area contributed by atoms with Gasteiger partial charge < -0.3 is 10.5 Å². The molecule has 0 radical (unpaired) electrons. The maximum absolute atomic E-state index is 8.78. The van der Waals surface area contributed by atoms with Crippen LogP contribution in [0.15, 0.2) is 30.6 Å². The third-order valence-electron chi connectivity index (χ3n) is 2.29. The first-order chi connectivity index (χ1) is 8.24. The number of anilines is 1. The highest BCUT2D eigenvalue weighted by molar-refractivity contribution is 5.58. The van der Waals surface area contributed by atoms with E-state index < -0.39 is 0 Å². The number of benzene rings is 1. The van der Waals surface area contributed by atoms with Crippen molar-refractivity contribution in [3.05, 3.63) is 36.2 Å². The molecule has 0 aliphatic carbocycles. The second-order valence-corrected chi connectivity index (χ2v) is 3.44. The number of hydrogen-bond acceptors (Lipinski definition) is 4. The Morgan fingerprint density at radius 3 is 3.00 bits per heavy atom. The fourth-order valence-corrected chi connectivity index (χ4v) is 1.48. The van der Waals surface area contributed by atoms with E-state index in [-0.39, 0.29) is 0 Å². The van der Waals surface area contributed by atoms with Crippen LogP contribution in [-0.4, -0.2) is 16.4 Å². The number of nitrogens with zero attached hydrogens (tertiary/aromatic N) is 3. The highest BCUT2D eigenvalue weighted by Gasteiger charge is 2.04. The molecule has 86 valence electrons. The van der Waals surface area contributed by atoms with Crippen molar-refractivity contribution in [3.8, 4) is 17.5 Å². The molecule has 0 unspecified atom stereocenters. The van der Waals surface area contributed by atoms with Crippen LogP contribution in [0.25, 0.3) is 5.69 Å². The largest absolute Gasteiger partial charge is 0.491 e. The van der Waals surface area contributed by atoms with E-state index in [1.54, 1.807) is 35.3 Å². The van der Waals surface area contributed by atoms with E-state index in [9.17, 15) is 0 Å². The average Bonchev–Trinajstić information content (AvgIpc) is 2.78. The summed E-state index contributed by atoms with van der Waals surface area (Å²) in [7, 11) is 0. The highest BCUT2D eigenvalue weighted by atomic mass is 16.5. The first-order valence-corrected chi connectivity index (χ1v) is 5.22. The number of ether oxygens (including phenoxy) is 1. The lowest BCUT2D eigenvalue weighted by Crippen LogP contribution is -1.97. The number of aromatic nitrogens is 2. The zero-order valence-electron chi connectivity index (χ0n) is 9.42. The van der Waals surface area contributed by atoms with Gasteiger partial charge in [0.1, 0.15) is 6.07 Å². The lowest BCUT2D eigenvalue weighted by Gasteiger charge is -2.03. The molecule has 0 spiro atoms. The second-order valence-electron chi connectivity index (χ2n) is 3.44. The molecule has 1 heterocycles. The summed E-state index contributed by atoms with van der Waals surface area (Å²) in [4.78, 5) is 0. The van der Waals surface area contributed by atoms with Gasteiger partial charge in [-0.2, -0.15) is 10.4 Å². The van der Waals surface area contributed by atoms with Crippen molar-refractivity contribution in [2.24, 2.45) is 0 Å². The van der Waals surface area contributed by atoms with Gasteiger partial charge in [-0.05, 0) is 25.1 Å². The fraction of sp³-hybridized carbons (Fsp3) is 0.167. The zero-order chi connectivity index (χ0) is 12.3. The maximum atomic E-state index is 8.78. The van der Waals surface area contributed by atoms with Gasteiger partial charge in [0.25, 0.3) is 0 Å².